The maximum atomic E-state index is 12.0. The molecule has 1 aromatic rings. The van der Waals surface area contributed by atoms with Crippen LogP contribution in [0.5, 0.6) is 0 Å². The second-order valence-electron chi connectivity index (χ2n) is 4.85. The zero-order valence-electron chi connectivity index (χ0n) is 11.5. The van der Waals surface area contributed by atoms with E-state index in [0.717, 1.165) is 19.5 Å². The molecule has 1 atom stereocenters. The maximum Gasteiger partial charge on any atom is 0.238 e. The number of anilines is 1. The molecular formula is C13H17Cl4N3O. The van der Waals surface area contributed by atoms with E-state index in [4.69, 9.17) is 34.8 Å². The highest BCUT2D eigenvalue weighted by molar-refractivity contribution is 6.42. The van der Waals surface area contributed by atoms with Gasteiger partial charge in [0.25, 0.3) is 0 Å². The van der Waals surface area contributed by atoms with Crippen LogP contribution in [0.15, 0.2) is 12.1 Å². The van der Waals surface area contributed by atoms with Gasteiger partial charge in [-0.1, -0.05) is 34.8 Å². The molecule has 0 bridgehead atoms. The first-order chi connectivity index (χ1) is 9.47. The third kappa shape index (κ3) is 5.16. The summed E-state index contributed by atoms with van der Waals surface area (Å²) < 4.78 is 0. The van der Waals surface area contributed by atoms with E-state index in [0.29, 0.717) is 33.3 Å². The standard InChI is InChI=1S/C13H16Cl3N3O.ClH/c1-19(9-2-3-17-6-9)7-12(20)18-13-10(15)4-8(14)5-11(13)16;/h4-5,9,17H,2-3,6-7H2,1H3,(H,18,20);1H. The predicted molar refractivity (Wildman–Crippen MR) is 91.3 cm³/mol. The first-order valence-electron chi connectivity index (χ1n) is 6.32. The molecule has 1 amide bonds. The average molecular weight is 373 g/mol. The van der Waals surface area contributed by atoms with Gasteiger partial charge >= 0.3 is 0 Å². The lowest BCUT2D eigenvalue weighted by atomic mass is 10.2. The summed E-state index contributed by atoms with van der Waals surface area (Å²) in [6, 6.07) is 3.49. The topological polar surface area (TPSA) is 44.4 Å². The molecular weight excluding hydrogens is 356 g/mol. The Balaban J connectivity index is 0.00000220. The van der Waals surface area contributed by atoms with Crippen LogP contribution < -0.4 is 10.6 Å². The van der Waals surface area contributed by atoms with Gasteiger partial charge in [0, 0.05) is 17.6 Å². The van der Waals surface area contributed by atoms with E-state index in [-0.39, 0.29) is 18.3 Å². The molecule has 21 heavy (non-hydrogen) atoms. The molecule has 0 spiro atoms. The molecule has 1 fully saturated rings. The number of carbonyl (C=O) groups excluding carboxylic acids is 1. The largest absolute Gasteiger partial charge is 0.322 e. The van der Waals surface area contributed by atoms with Gasteiger partial charge in [-0.25, -0.2) is 0 Å². The zero-order chi connectivity index (χ0) is 14.7. The molecule has 1 aromatic carbocycles. The summed E-state index contributed by atoms with van der Waals surface area (Å²) in [7, 11) is 1.93. The first-order valence-corrected chi connectivity index (χ1v) is 7.46. The van der Waals surface area contributed by atoms with E-state index in [1.807, 2.05) is 11.9 Å². The van der Waals surface area contributed by atoms with Crippen LogP contribution in [-0.2, 0) is 4.79 Å². The second-order valence-corrected chi connectivity index (χ2v) is 6.11. The van der Waals surface area contributed by atoms with Gasteiger partial charge in [-0.15, -0.1) is 12.4 Å². The minimum absolute atomic E-state index is 0. The minimum Gasteiger partial charge on any atom is -0.322 e. The SMILES string of the molecule is CN(CC(=O)Nc1c(Cl)cc(Cl)cc1Cl)C1CCNC1.Cl. The molecule has 1 aliphatic rings. The number of carbonyl (C=O) groups is 1. The number of hydrogen-bond donors (Lipinski definition) is 2. The van der Waals surface area contributed by atoms with Crippen molar-refractivity contribution in [1.29, 1.82) is 0 Å². The highest BCUT2D eigenvalue weighted by Crippen LogP contribution is 2.33. The van der Waals surface area contributed by atoms with Crippen molar-refractivity contribution in [2.75, 3.05) is 32.0 Å². The van der Waals surface area contributed by atoms with Crippen molar-refractivity contribution < 1.29 is 4.79 Å². The van der Waals surface area contributed by atoms with E-state index in [1.165, 1.54) is 0 Å². The number of nitrogens with zero attached hydrogens (tertiary/aromatic N) is 1. The van der Waals surface area contributed by atoms with Gasteiger partial charge in [-0.05, 0) is 32.1 Å². The Bertz CT molecular complexity index is 483. The fourth-order valence-electron chi connectivity index (χ4n) is 2.21. The second kappa shape index (κ2) is 8.42. The summed E-state index contributed by atoms with van der Waals surface area (Å²) in [5, 5.41) is 7.11. The average Bonchev–Trinajstić information content (AvgIpc) is 2.87. The number of likely N-dealkylation sites (N-methyl/N-ethyl adjacent to an activating group) is 1. The summed E-state index contributed by atoms with van der Waals surface area (Å²) in [6.07, 6.45) is 1.05. The Labute approximate surface area is 145 Å². The molecule has 2 rings (SSSR count). The van der Waals surface area contributed by atoms with E-state index in [9.17, 15) is 4.79 Å². The van der Waals surface area contributed by atoms with Crippen molar-refractivity contribution in [3.63, 3.8) is 0 Å². The van der Waals surface area contributed by atoms with Crippen LogP contribution >= 0.6 is 47.2 Å². The van der Waals surface area contributed by atoms with E-state index < -0.39 is 0 Å². The van der Waals surface area contributed by atoms with Crippen LogP contribution in [0.3, 0.4) is 0 Å². The summed E-state index contributed by atoms with van der Waals surface area (Å²) >= 11 is 17.9. The number of nitrogens with one attached hydrogen (secondary N) is 2. The Morgan fingerprint density at radius 1 is 1.38 bits per heavy atom. The van der Waals surface area contributed by atoms with Gasteiger partial charge in [0.15, 0.2) is 0 Å². The molecule has 0 saturated carbocycles. The molecule has 0 aromatic heterocycles. The van der Waals surface area contributed by atoms with Crippen molar-refractivity contribution in [2.24, 2.45) is 0 Å². The van der Waals surface area contributed by atoms with Crippen LogP contribution in [0.25, 0.3) is 0 Å². The summed E-state index contributed by atoms with van der Waals surface area (Å²) in [5.74, 6) is -0.148. The van der Waals surface area contributed by atoms with Gasteiger partial charge in [0.05, 0.1) is 22.3 Å². The van der Waals surface area contributed by atoms with Crippen molar-refractivity contribution in [1.82, 2.24) is 10.2 Å². The van der Waals surface area contributed by atoms with Crippen molar-refractivity contribution in [2.45, 2.75) is 12.5 Å². The number of hydrogen-bond acceptors (Lipinski definition) is 3. The van der Waals surface area contributed by atoms with Crippen LogP contribution in [0.2, 0.25) is 15.1 Å². The normalized spacial score (nSPS) is 17.7. The van der Waals surface area contributed by atoms with Crippen LogP contribution in [0.4, 0.5) is 5.69 Å². The Morgan fingerprint density at radius 3 is 2.52 bits per heavy atom. The molecule has 1 aliphatic heterocycles. The van der Waals surface area contributed by atoms with Gasteiger partial charge in [0.1, 0.15) is 0 Å². The molecule has 118 valence electrons. The van der Waals surface area contributed by atoms with Gasteiger partial charge in [-0.3, -0.25) is 9.69 Å². The Hall–Kier alpha value is -0.230. The van der Waals surface area contributed by atoms with Crippen molar-refractivity contribution in [3.05, 3.63) is 27.2 Å². The summed E-state index contributed by atoms with van der Waals surface area (Å²) in [5.41, 5.74) is 0.403. The third-order valence-electron chi connectivity index (χ3n) is 3.32. The fraction of sp³-hybridized carbons (Fsp3) is 0.462. The summed E-state index contributed by atoms with van der Waals surface area (Å²) in [4.78, 5) is 14.1. The lowest BCUT2D eigenvalue weighted by Gasteiger charge is -2.22. The monoisotopic (exact) mass is 371 g/mol. The Kier molecular flexibility index (Phi) is 7.54. The molecule has 0 aliphatic carbocycles. The van der Waals surface area contributed by atoms with E-state index >= 15 is 0 Å². The fourth-order valence-corrected chi connectivity index (χ4v) is 3.12. The lowest BCUT2D eigenvalue weighted by molar-refractivity contribution is -0.117. The number of amides is 1. The van der Waals surface area contributed by atoms with Gasteiger partial charge in [0.2, 0.25) is 5.91 Å². The first kappa shape index (κ1) is 18.8. The van der Waals surface area contributed by atoms with Crippen LogP contribution in [-0.4, -0.2) is 43.5 Å². The smallest absolute Gasteiger partial charge is 0.238 e. The molecule has 0 radical (unpaired) electrons. The van der Waals surface area contributed by atoms with Crippen LogP contribution in [0, 0.1) is 0 Å². The zero-order valence-corrected chi connectivity index (χ0v) is 14.5. The molecule has 8 heteroatoms. The number of rotatable bonds is 4. The highest BCUT2D eigenvalue weighted by Gasteiger charge is 2.21. The predicted octanol–water partition coefficient (Wildman–Crippen LogP) is 3.30. The molecule has 2 N–H and O–H groups in total. The lowest BCUT2D eigenvalue weighted by Crippen LogP contribution is -2.39. The molecule has 1 saturated heterocycles. The van der Waals surface area contributed by atoms with Crippen LogP contribution in [0.1, 0.15) is 6.42 Å². The highest BCUT2D eigenvalue weighted by atomic mass is 35.5. The quantitative estimate of drug-likeness (QED) is 0.852. The summed E-state index contributed by atoms with van der Waals surface area (Å²) in [6.45, 7) is 2.19. The van der Waals surface area contributed by atoms with Crippen molar-refractivity contribution in [3.8, 4) is 0 Å². The number of halogens is 4. The molecule has 1 unspecified atom stereocenters. The minimum atomic E-state index is -0.148. The molecule has 4 nitrogen and oxygen atoms in total. The van der Waals surface area contributed by atoms with E-state index in [1.54, 1.807) is 12.1 Å². The Morgan fingerprint density at radius 2 is 2.00 bits per heavy atom. The van der Waals surface area contributed by atoms with Crippen molar-refractivity contribution >= 4 is 58.8 Å². The number of benzene rings is 1. The van der Waals surface area contributed by atoms with Gasteiger partial charge < -0.3 is 10.6 Å². The van der Waals surface area contributed by atoms with Gasteiger partial charge in [-0.2, -0.15) is 0 Å². The third-order valence-corrected chi connectivity index (χ3v) is 4.14. The van der Waals surface area contributed by atoms with E-state index in [2.05, 4.69) is 10.6 Å². The molecule has 1 heterocycles. The maximum absolute atomic E-state index is 12.0.